The maximum atomic E-state index is 5.79. The van der Waals surface area contributed by atoms with Crippen molar-refractivity contribution in [2.24, 2.45) is 0 Å². The van der Waals surface area contributed by atoms with Crippen LogP contribution in [-0.2, 0) is 0 Å². The van der Waals surface area contributed by atoms with Crippen LogP contribution in [-0.4, -0.2) is 41.7 Å². The first kappa shape index (κ1) is 12.0. The highest BCUT2D eigenvalue weighted by atomic mass is 32.2. The minimum Gasteiger partial charge on any atom is -0.382 e. The lowest BCUT2D eigenvalue weighted by Crippen LogP contribution is -2.31. The van der Waals surface area contributed by atoms with Crippen molar-refractivity contribution in [2.45, 2.75) is 23.8 Å². The Kier molecular flexibility index (Phi) is 3.94. The number of aromatic nitrogens is 1. The summed E-state index contributed by atoms with van der Waals surface area (Å²) in [6, 6.07) is 0.651. The van der Waals surface area contributed by atoms with Crippen molar-refractivity contribution in [3.63, 3.8) is 0 Å². The van der Waals surface area contributed by atoms with Crippen molar-refractivity contribution in [3.8, 4) is 0 Å². The molecule has 1 aliphatic heterocycles. The Balaban J connectivity index is 1.94. The van der Waals surface area contributed by atoms with Gasteiger partial charge in [0.1, 0.15) is 5.00 Å². The average Bonchev–Trinajstić information content (AvgIpc) is 2.82. The van der Waals surface area contributed by atoms with Crippen molar-refractivity contribution < 1.29 is 0 Å². The van der Waals surface area contributed by atoms with Crippen LogP contribution in [0.15, 0.2) is 4.90 Å². The van der Waals surface area contributed by atoms with E-state index in [1.54, 1.807) is 11.8 Å². The van der Waals surface area contributed by atoms with Crippen LogP contribution in [0.25, 0.3) is 0 Å². The standard InChI is InChI=1S/C10H18N4S2/c1-14-5-3-4-7(14)6-12-10-8(15-2)9(11)13-16-10/h7,12H,3-6H2,1-2H3,(H2,11,13). The SMILES string of the molecule is CSc1c(N)nsc1NCC1CCCN1C. The van der Waals surface area contributed by atoms with Gasteiger partial charge in [-0.25, -0.2) is 0 Å². The fraction of sp³-hybridized carbons (Fsp3) is 0.700. The van der Waals surface area contributed by atoms with Gasteiger partial charge >= 0.3 is 0 Å². The highest BCUT2D eigenvalue weighted by molar-refractivity contribution is 7.99. The first-order chi connectivity index (χ1) is 7.72. The van der Waals surface area contributed by atoms with Crippen molar-refractivity contribution in [1.29, 1.82) is 0 Å². The van der Waals surface area contributed by atoms with Gasteiger partial charge < -0.3 is 16.0 Å². The smallest absolute Gasteiger partial charge is 0.153 e. The zero-order chi connectivity index (χ0) is 11.5. The molecule has 1 saturated heterocycles. The molecule has 0 bridgehead atoms. The number of nitrogen functional groups attached to an aromatic ring is 1. The summed E-state index contributed by atoms with van der Waals surface area (Å²) in [6.45, 7) is 2.21. The van der Waals surface area contributed by atoms with Crippen LogP contribution in [0.5, 0.6) is 0 Å². The predicted molar refractivity (Wildman–Crippen MR) is 72.4 cm³/mol. The Morgan fingerprint density at radius 2 is 2.50 bits per heavy atom. The number of hydrogen-bond donors (Lipinski definition) is 2. The number of hydrogen-bond acceptors (Lipinski definition) is 6. The van der Waals surface area contributed by atoms with Crippen LogP contribution in [0.3, 0.4) is 0 Å². The van der Waals surface area contributed by atoms with E-state index in [0.29, 0.717) is 11.9 Å². The largest absolute Gasteiger partial charge is 0.382 e. The van der Waals surface area contributed by atoms with Crippen LogP contribution in [0.1, 0.15) is 12.8 Å². The first-order valence-corrected chi connectivity index (χ1v) is 7.45. The zero-order valence-electron chi connectivity index (χ0n) is 9.69. The predicted octanol–water partition coefficient (Wildman–Crippen LogP) is 1.95. The van der Waals surface area contributed by atoms with E-state index in [0.717, 1.165) is 16.4 Å². The number of rotatable bonds is 4. The third-order valence-corrected chi connectivity index (χ3v) is 4.82. The molecule has 1 fully saturated rings. The number of nitrogens with zero attached hydrogens (tertiary/aromatic N) is 2. The molecule has 1 aliphatic rings. The van der Waals surface area contributed by atoms with Crippen molar-refractivity contribution in [1.82, 2.24) is 9.27 Å². The molecule has 0 saturated carbocycles. The van der Waals surface area contributed by atoms with E-state index in [-0.39, 0.29) is 0 Å². The highest BCUT2D eigenvalue weighted by Gasteiger charge is 2.21. The fourth-order valence-corrected chi connectivity index (χ4v) is 3.60. The fourth-order valence-electron chi connectivity index (χ4n) is 2.05. The summed E-state index contributed by atoms with van der Waals surface area (Å²) in [5.41, 5.74) is 5.79. The van der Waals surface area contributed by atoms with Gasteiger partial charge in [0.15, 0.2) is 5.82 Å². The molecule has 1 unspecified atom stereocenters. The molecule has 0 spiro atoms. The Morgan fingerprint density at radius 3 is 3.12 bits per heavy atom. The summed E-state index contributed by atoms with van der Waals surface area (Å²) < 4.78 is 4.17. The van der Waals surface area contributed by atoms with E-state index in [9.17, 15) is 0 Å². The molecule has 0 aromatic carbocycles. The van der Waals surface area contributed by atoms with E-state index < -0.39 is 0 Å². The Labute approximate surface area is 105 Å². The molecule has 4 nitrogen and oxygen atoms in total. The molecule has 0 aliphatic carbocycles. The van der Waals surface area contributed by atoms with Crippen LogP contribution >= 0.6 is 23.3 Å². The average molecular weight is 258 g/mol. The number of likely N-dealkylation sites (N-methyl/N-ethyl adjacent to an activating group) is 1. The lowest BCUT2D eigenvalue weighted by atomic mass is 10.2. The van der Waals surface area contributed by atoms with Gasteiger partial charge in [0.2, 0.25) is 0 Å². The number of likely N-dealkylation sites (tertiary alicyclic amines) is 1. The van der Waals surface area contributed by atoms with Crippen LogP contribution in [0.2, 0.25) is 0 Å². The highest BCUT2D eigenvalue weighted by Crippen LogP contribution is 2.34. The van der Waals surface area contributed by atoms with Gasteiger partial charge in [-0.2, -0.15) is 4.37 Å². The lowest BCUT2D eigenvalue weighted by Gasteiger charge is -2.19. The van der Waals surface area contributed by atoms with E-state index in [1.165, 1.54) is 30.9 Å². The third kappa shape index (κ3) is 2.44. The first-order valence-electron chi connectivity index (χ1n) is 5.45. The summed E-state index contributed by atoms with van der Waals surface area (Å²) in [5.74, 6) is 0.653. The summed E-state index contributed by atoms with van der Waals surface area (Å²) >= 11 is 3.12. The minimum absolute atomic E-state index is 0.651. The number of anilines is 2. The Bertz CT molecular complexity index is 353. The lowest BCUT2D eigenvalue weighted by molar-refractivity contribution is 0.322. The molecule has 3 N–H and O–H groups in total. The molecule has 1 aromatic rings. The van der Waals surface area contributed by atoms with E-state index in [1.807, 2.05) is 6.26 Å². The second-order valence-electron chi connectivity index (χ2n) is 4.09. The molecule has 2 heterocycles. The van der Waals surface area contributed by atoms with E-state index in [2.05, 4.69) is 21.6 Å². The minimum atomic E-state index is 0.651. The van der Waals surface area contributed by atoms with E-state index >= 15 is 0 Å². The van der Waals surface area contributed by atoms with Gasteiger partial charge in [-0.05, 0) is 44.2 Å². The molecule has 90 valence electrons. The molecule has 0 amide bonds. The monoisotopic (exact) mass is 258 g/mol. The molecule has 6 heteroatoms. The Morgan fingerprint density at radius 1 is 1.69 bits per heavy atom. The van der Waals surface area contributed by atoms with Crippen LogP contribution in [0.4, 0.5) is 10.8 Å². The number of nitrogens with one attached hydrogen (secondary N) is 1. The quantitative estimate of drug-likeness (QED) is 0.809. The van der Waals surface area contributed by atoms with Gasteiger partial charge in [0.25, 0.3) is 0 Å². The van der Waals surface area contributed by atoms with E-state index in [4.69, 9.17) is 5.73 Å². The second-order valence-corrected chi connectivity index (χ2v) is 5.68. The van der Waals surface area contributed by atoms with Gasteiger partial charge in [-0.15, -0.1) is 11.8 Å². The summed E-state index contributed by atoms with van der Waals surface area (Å²) in [7, 11) is 2.19. The second kappa shape index (κ2) is 5.25. The number of thioether (sulfide) groups is 1. The van der Waals surface area contributed by atoms with Gasteiger partial charge in [-0.1, -0.05) is 0 Å². The maximum Gasteiger partial charge on any atom is 0.153 e. The van der Waals surface area contributed by atoms with Gasteiger partial charge in [-0.3, -0.25) is 0 Å². The van der Waals surface area contributed by atoms with Crippen molar-refractivity contribution >= 4 is 34.1 Å². The van der Waals surface area contributed by atoms with Crippen molar-refractivity contribution in [2.75, 3.05) is 37.4 Å². The normalized spacial score (nSPS) is 21.5. The molecular formula is C10H18N4S2. The zero-order valence-corrected chi connectivity index (χ0v) is 11.3. The van der Waals surface area contributed by atoms with Gasteiger partial charge in [0.05, 0.1) is 4.90 Å². The molecular weight excluding hydrogens is 240 g/mol. The van der Waals surface area contributed by atoms with Gasteiger partial charge in [0, 0.05) is 12.6 Å². The van der Waals surface area contributed by atoms with Crippen LogP contribution in [0, 0.1) is 0 Å². The summed E-state index contributed by atoms with van der Waals surface area (Å²) in [6.07, 6.45) is 4.63. The van der Waals surface area contributed by atoms with Crippen molar-refractivity contribution in [3.05, 3.63) is 0 Å². The molecule has 0 radical (unpaired) electrons. The Hall–Kier alpha value is -0.460. The molecule has 2 rings (SSSR count). The molecule has 1 atom stereocenters. The summed E-state index contributed by atoms with van der Waals surface area (Å²) in [4.78, 5) is 3.50. The molecule has 16 heavy (non-hydrogen) atoms. The third-order valence-electron chi connectivity index (χ3n) is 3.05. The van der Waals surface area contributed by atoms with Crippen LogP contribution < -0.4 is 11.1 Å². The number of nitrogens with two attached hydrogens (primary N) is 1. The maximum absolute atomic E-state index is 5.79. The topological polar surface area (TPSA) is 54.2 Å². The molecule has 1 aromatic heterocycles. The summed E-state index contributed by atoms with van der Waals surface area (Å²) in [5, 5.41) is 4.59.